The molecule has 0 aliphatic heterocycles. The summed E-state index contributed by atoms with van der Waals surface area (Å²) in [6.07, 6.45) is -3.81. The van der Waals surface area contributed by atoms with Crippen LogP contribution in [0.2, 0.25) is 0 Å². The average molecular weight is 307 g/mol. The van der Waals surface area contributed by atoms with Gasteiger partial charge < -0.3 is 20.3 Å². The Bertz CT molecular complexity index is 541. The van der Waals surface area contributed by atoms with Crippen LogP contribution >= 0.6 is 0 Å². The Morgan fingerprint density at radius 2 is 2.14 bits per heavy atom. The van der Waals surface area contributed by atoms with Gasteiger partial charge >= 0.3 is 12.2 Å². The summed E-state index contributed by atoms with van der Waals surface area (Å²) in [5, 5.41) is 13.6. The molecule has 6 nitrogen and oxygen atoms in total. The van der Waals surface area contributed by atoms with Crippen LogP contribution in [0.3, 0.4) is 0 Å². The standard InChI is InChI=1S/C12H16F3N3O3/c1-8(19)4-5-16-11(21)17-9-3-2-6-18(10(9)20)7-12(13,14)15/h2-3,6,8,19H,4-5,7H2,1H3,(H2,16,17,21). The van der Waals surface area contributed by atoms with Gasteiger partial charge in [0.25, 0.3) is 5.56 Å². The third-order valence-electron chi connectivity index (χ3n) is 2.47. The zero-order valence-corrected chi connectivity index (χ0v) is 11.3. The van der Waals surface area contributed by atoms with E-state index >= 15 is 0 Å². The fourth-order valence-corrected chi connectivity index (χ4v) is 1.51. The number of aromatic nitrogens is 1. The summed E-state index contributed by atoms with van der Waals surface area (Å²) in [6, 6.07) is 1.72. The highest BCUT2D eigenvalue weighted by Gasteiger charge is 2.28. The molecule has 1 unspecified atom stereocenters. The zero-order valence-electron chi connectivity index (χ0n) is 11.3. The van der Waals surface area contributed by atoms with Crippen molar-refractivity contribution in [3.63, 3.8) is 0 Å². The highest BCUT2D eigenvalue weighted by Crippen LogP contribution is 2.16. The summed E-state index contributed by atoms with van der Waals surface area (Å²) in [7, 11) is 0. The number of halogens is 3. The maximum Gasteiger partial charge on any atom is 0.406 e. The third kappa shape index (κ3) is 6.30. The molecule has 1 rings (SSSR count). The number of carbonyl (C=O) groups is 1. The highest BCUT2D eigenvalue weighted by molar-refractivity contribution is 5.88. The molecule has 2 amide bonds. The predicted octanol–water partition coefficient (Wildman–Crippen LogP) is 1.30. The van der Waals surface area contributed by atoms with E-state index in [4.69, 9.17) is 5.11 Å². The first kappa shape index (κ1) is 17.0. The molecule has 1 aromatic heterocycles. The normalized spacial score (nSPS) is 12.8. The average Bonchev–Trinajstić information content (AvgIpc) is 2.32. The SMILES string of the molecule is CC(O)CCNC(=O)Nc1cccn(CC(F)(F)F)c1=O. The highest BCUT2D eigenvalue weighted by atomic mass is 19.4. The summed E-state index contributed by atoms with van der Waals surface area (Å²) in [5.74, 6) is 0. The fourth-order valence-electron chi connectivity index (χ4n) is 1.51. The number of carbonyl (C=O) groups excluding carboxylic acids is 1. The van der Waals surface area contributed by atoms with Crippen molar-refractivity contribution >= 4 is 11.7 Å². The Morgan fingerprint density at radius 3 is 2.71 bits per heavy atom. The summed E-state index contributed by atoms with van der Waals surface area (Å²) >= 11 is 0. The molecule has 3 N–H and O–H groups in total. The van der Waals surface area contributed by atoms with Crippen molar-refractivity contribution in [3.05, 3.63) is 28.7 Å². The summed E-state index contributed by atoms with van der Waals surface area (Å²) in [6.45, 7) is 0.296. The quantitative estimate of drug-likeness (QED) is 0.767. The molecule has 0 spiro atoms. The van der Waals surface area contributed by atoms with Crippen LogP contribution in [0.25, 0.3) is 0 Å². The van der Waals surface area contributed by atoms with Gasteiger partial charge in [-0.25, -0.2) is 4.79 Å². The minimum absolute atomic E-state index is 0.174. The monoisotopic (exact) mass is 307 g/mol. The number of nitrogens with zero attached hydrogens (tertiary/aromatic N) is 1. The van der Waals surface area contributed by atoms with Crippen LogP contribution in [-0.2, 0) is 6.54 Å². The van der Waals surface area contributed by atoms with Crippen molar-refractivity contribution in [2.75, 3.05) is 11.9 Å². The molecule has 1 aromatic rings. The largest absolute Gasteiger partial charge is 0.406 e. The zero-order chi connectivity index (χ0) is 16.0. The van der Waals surface area contributed by atoms with Crippen LogP contribution in [-0.4, -0.2) is 34.5 Å². The van der Waals surface area contributed by atoms with E-state index in [9.17, 15) is 22.8 Å². The van der Waals surface area contributed by atoms with Gasteiger partial charge in [-0.1, -0.05) is 0 Å². The van der Waals surface area contributed by atoms with E-state index in [1.807, 2.05) is 0 Å². The Labute approximate surface area is 118 Å². The van der Waals surface area contributed by atoms with Crippen LogP contribution in [0.1, 0.15) is 13.3 Å². The second-order valence-electron chi connectivity index (χ2n) is 4.49. The van der Waals surface area contributed by atoms with E-state index in [1.165, 1.54) is 12.1 Å². The number of rotatable bonds is 5. The van der Waals surface area contributed by atoms with Crippen molar-refractivity contribution < 1.29 is 23.1 Å². The maximum absolute atomic E-state index is 12.3. The lowest BCUT2D eigenvalue weighted by Crippen LogP contribution is -2.35. The number of amides is 2. The van der Waals surface area contributed by atoms with E-state index in [-0.39, 0.29) is 12.2 Å². The predicted molar refractivity (Wildman–Crippen MR) is 70.1 cm³/mol. The number of anilines is 1. The molecule has 0 radical (unpaired) electrons. The molecule has 0 aliphatic carbocycles. The lowest BCUT2D eigenvalue weighted by Gasteiger charge is -2.12. The van der Waals surface area contributed by atoms with E-state index in [2.05, 4.69) is 10.6 Å². The lowest BCUT2D eigenvalue weighted by molar-refractivity contribution is -0.141. The first-order valence-corrected chi connectivity index (χ1v) is 6.18. The van der Waals surface area contributed by atoms with Crippen molar-refractivity contribution in [1.82, 2.24) is 9.88 Å². The second-order valence-corrected chi connectivity index (χ2v) is 4.49. The third-order valence-corrected chi connectivity index (χ3v) is 2.47. The number of pyridine rings is 1. The molecule has 1 atom stereocenters. The van der Waals surface area contributed by atoms with Crippen molar-refractivity contribution in [3.8, 4) is 0 Å². The number of hydrogen-bond acceptors (Lipinski definition) is 3. The Morgan fingerprint density at radius 1 is 1.48 bits per heavy atom. The Hall–Kier alpha value is -2.03. The smallest absolute Gasteiger partial charge is 0.393 e. The van der Waals surface area contributed by atoms with E-state index in [0.717, 1.165) is 6.20 Å². The van der Waals surface area contributed by atoms with E-state index in [0.29, 0.717) is 11.0 Å². The first-order valence-electron chi connectivity index (χ1n) is 6.18. The Kier molecular flexibility index (Phi) is 5.77. The van der Waals surface area contributed by atoms with Crippen LogP contribution in [0.4, 0.5) is 23.7 Å². The molecule has 9 heteroatoms. The van der Waals surface area contributed by atoms with Gasteiger partial charge in [0.2, 0.25) is 0 Å². The molecular weight excluding hydrogens is 291 g/mol. The fraction of sp³-hybridized carbons (Fsp3) is 0.500. The number of aliphatic hydroxyl groups excluding tert-OH is 1. The van der Waals surface area contributed by atoms with Gasteiger partial charge in [-0.2, -0.15) is 13.2 Å². The van der Waals surface area contributed by atoms with Gasteiger partial charge in [-0.3, -0.25) is 4.79 Å². The molecule has 118 valence electrons. The second kappa shape index (κ2) is 7.11. The molecule has 1 heterocycles. The molecule has 0 bridgehead atoms. The van der Waals surface area contributed by atoms with Crippen molar-refractivity contribution in [2.45, 2.75) is 32.2 Å². The van der Waals surface area contributed by atoms with Gasteiger partial charge in [0.1, 0.15) is 12.2 Å². The first-order chi connectivity index (χ1) is 9.69. The summed E-state index contributed by atoms with van der Waals surface area (Å²) < 4.78 is 37.3. The lowest BCUT2D eigenvalue weighted by atomic mass is 10.3. The molecular formula is C12H16F3N3O3. The van der Waals surface area contributed by atoms with Crippen LogP contribution in [0.15, 0.2) is 23.1 Å². The molecule has 0 saturated heterocycles. The van der Waals surface area contributed by atoms with Crippen LogP contribution < -0.4 is 16.2 Å². The van der Waals surface area contributed by atoms with Gasteiger partial charge in [0, 0.05) is 12.7 Å². The van der Waals surface area contributed by atoms with Crippen molar-refractivity contribution in [1.29, 1.82) is 0 Å². The molecule has 21 heavy (non-hydrogen) atoms. The minimum atomic E-state index is -4.53. The number of hydrogen-bond donors (Lipinski definition) is 3. The van der Waals surface area contributed by atoms with Gasteiger partial charge in [-0.05, 0) is 25.5 Å². The van der Waals surface area contributed by atoms with Gasteiger partial charge in [-0.15, -0.1) is 0 Å². The molecule has 0 saturated carbocycles. The topological polar surface area (TPSA) is 83.4 Å². The molecule has 0 aliphatic rings. The number of alkyl halides is 3. The van der Waals surface area contributed by atoms with Crippen LogP contribution in [0, 0.1) is 0 Å². The molecule has 0 aromatic carbocycles. The van der Waals surface area contributed by atoms with Gasteiger partial charge in [0.15, 0.2) is 0 Å². The van der Waals surface area contributed by atoms with Crippen LogP contribution in [0.5, 0.6) is 0 Å². The summed E-state index contributed by atoms with van der Waals surface area (Å²) in [5.41, 5.74) is -1.20. The maximum atomic E-state index is 12.3. The van der Waals surface area contributed by atoms with E-state index in [1.54, 1.807) is 6.92 Å². The van der Waals surface area contributed by atoms with E-state index < -0.39 is 30.4 Å². The summed E-state index contributed by atoms with van der Waals surface area (Å²) in [4.78, 5) is 23.2. The number of urea groups is 1. The van der Waals surface area contributed by atoms with Crippen molar-refractivity contribution in [2.24, 2.45) is 0 Å². The van der Waals surface area contributed by atoms with Gasteiger partial charge in [0.05, 0.1) is 6.10 Å². The Balaban J connectivity index is 2.70. The number of aliphatic hydroxyl groups is 1. The molecule has 0 fully saturated rings. The number of nitrogens with one attached hydrogen (secondary N) is 2. The minimum Gasteiger partial charge on any atom is -0.393 e.